The minimum absolute atomic E-state index is 0.209. The van der Waals surface area contributed by atoms with E-state index >= 15 is 0 Å². The highest BCUT2D eigenvalue weighted by Gasteiger charge is 2.11. The molecule has 20 heavy (non-hydrogen) atoms. The zero-order valence-electron chi connectivity index (χ0n) is 11.5. The molecule has 0 unspecified atom stereocenters. The van der Waals surface area contributed by atoms with Crippen LogP contribution in [0.5, 0.6) is 0 Å². The molecule has 3 nitrogen and oxygen atoms in total. The zero-order valence-corrected chi connectivity index (χ0v) is 14.5. The maximum atomic E-state index is 13.7. The number of hydrogen-bond donors (Lipinski definition) is 1. The van der Waals surface area contributed by atoms with Crippen LogP contribution in [0.2, 0.25) is 0 Å². The van der Waals surface area contributed by atoms with Gasteiger partial charge in [-0.15, -0.1) is 0 Å². The number of anilines is 1. The molecule has 1 heterocycles. The van der Waals surface area contributed by atoms with E-state index in [1.54, 1.807) is 6.07 Å². The molecule has 0 saturated heterocycles. The van der Waals surface area contributed by atoms with Gasteiger partial charge >= 0.3 is 0 Å². The van der Waals surface area contributed by atoms with Crippen molar-refractivity contribution in [3.63, 3.8) is 0 Å². The average molecular weight is 407 g/mol. The Morgan fingerprint density at radius 2 is 2.05 bits per heavy atom. The van der Waals surface area contributed by atoms with Crippen molar-refractivity contribution in [1.82, 2.24) is 9.55 Å². The lowest BCUT2D eigenvalue weighted by Crippen LogP contribution is -2.03. The summed E-state index contributed by atoms with van der Waals surface area (Å²) < 4.78 is 16.2. The molecule has 1 aromatic heterocycles. The first-order valence-electron chi connectivity index (χ1n) is 6.73. The summed E-state index contributed by atoms with van der Waals surface area (Å²) >= 11 is 3.86. The van der Waals surface area contributed by atoms with E-state index in [0.29, 0.717) is 9.52 Å². The van der Waals surface area contributed by atoms with Gasteiger partial charge in [-0.25, -0.2) is 9.37 Å². The quantitative estimate of drug-likeness (QED) is 0.550. The van der Waals surface area contributed by atoms with E-state index in [1.807, 2.05) is 38.9 Å². The maximum absolute atomic E-state index is 13.7. The number of nitrogens with two attached hydrogens (primary N) is 1. The lowest BCUT2D eigenvalue weighted by atomic mass is 10.2. The number of aryl methyl sites for hydroxylation is 1. The molecule has 0 bridgehead atoms. The Bertz CT molecular complexity index is 585. The fourth-order valence-corrected chi connectivity index (χ4v) is 3.19. The van der Waals surface area contributed by atoms with Gasteiger partial charge in [0.2, 0.25) is 5.95 Å². The SMILES string of the molecule is CSCCCCCCn1c(N)nc2cc(I)c(F)cc21. The normalized spacial score (nSPS) is 11.3. The predicted molar refractivity (Wildman–Crippen MR) is 93.7 cm³/mol. The Kier molecular flexibility index (Phi) is 5.95. The van der Waals surface area contributed by atoms with E-state index in [-0.39, 0.29) is 5.82 Å². The fraction of sp³-hybridized carbons (Fsp3) is 0.500. The van der Waals surface area contributed by atoms with E-state index in [0.717, 1.165) is 24.0 Å². The lowest BCUT2D eigenvalue weighted by Gasteiger charge is -2.06. The Morgan fingerprint density at radius 1 is 1.30 bits per heavy atom. The summed E-state index contributed by atoms with van der Waals surface area (Å²) in [5, 5.41) is 0. The van der Waals surface area contributed by atoms with Gasteiger partial charge in [0, 0.05) is 12.6 Å². The first-order valence-corrected chi connectivity index (χ1v) is 9.20. The summed E-state index contributed by atoms with van der Waals surface area (Å²) in [5.41, 5.74) is 7.51. The molecule has 1 aromatic carbocycles. The number of nitrogens with zero attached hydrogens (tertiary/aromatic N) is 2. The van der Waals surface area contributed by atoms with E-state index in [1.165, 1.54) is 31.1 Å². The van der Waals surface area contributed by atoms with Gasteiger partial charge in [0.05, 0.1) is 14.6 Å². The minimum Gasteiger partial charge on any atom is -0.369 e. The van der Waals surface area contributed by atoms with Crippen molar-refractivity contribution in [3.05, 3.63) is 21.5 Å². The van der Waals surface area contributed by atoms with E-state index in [9.17, 15) is 4.39 Å². The highest BCUT2D eigenvalue weighted by molar-refractivity contribution is 14.1. The summed E-state index contributed by atoms with van der Waals surface area (Å²) in [5.74, 6) is 1.49. The van der Waals surface area contributed by atoms with Crippen molar-refractivity contribution in [2.75, 3.05) is 17.7 Å². The number of benzene rings is 1. The molecular weight excluding hydrogens is 388 g/mol. The number of halogens is 2. The van der Waals surface area contributed by atoms with Crippen LogP contribution in [-0.2, 0) is 6.54 Å². The van der Waals surface area contributed by atoms with E-state index in [4.69, 9.17) is 5.73 Å². The number of aromatic nitrogens is 2. The lowest BCUT2D eigenvalue weighted by molar-refractivity contribution is 0.594. The van der Waals surface area contributed by atoms with Crippen molar-refractivity contribution >= 4 is 51.3 Å². The number of hydrogen-bond acceptors (Lipinski definition) is 3. The number of unbranched alkanes of at least 4 members (excludes halogenated alkanes) is 3. The van der Waals surface area contributed by atoms with Gasteiger partial charge in [-0.3, -0.25) is 0 Å². The molecule has 0 spiro atoms. The summed E-state index contributed by atoms with van der Waals surface area (Å²) in [7, 11) is 0. The molecule has 0 radical (unpaired) electrons. The summed E-state index contributed by atoms with van der Waals surface area (Å²) in [6.07, 6.45) is 6.85. The Balaban J connectivity index is 2.02. The molecule has 0 fully saturated rings. The van der Waals surface area contributed by atoms with Gasteiger partial charge in [-0.2, -0.15) is 11.8 Å². The first kappa shape index (κ1) is 15.9. The third-order valence-corrected chi connectivity index (χ3v) is 4.82. The number of fused-ring (bicyclic) bond motifs is 1. The predicted octanol–water partition coefficient (Wildman–Crippen LogP) is 4.29. The molecule has 2 N–H and O–H groups in total. The van der Waals surface area contributed by atoms with Crippen molar-refractivity contribution in [2.24, 2.45) is 0 Å². The van der Waals surface area contributed by atoms with E-state index in [2.05, 4.69) is 11.2 Å². The number of nitrogen functional groups attached to an aromatic ring is 1. The van der Waals surface area contributed by atoms with Crippen LogP contribution in [0.3, 0.4) is 0 Å². The molecule has 2 aromatic rings. The van der Waals surface area contributed by atoms with Crippen LogP contribution in [-0.4, -0.2) is 21.6 Å². The molecule has 110 valence electrons. The molecule has 0 aliphatic carbocycles. The molecule has 0 aliphatic rings. The molecular formula is C14H19FIN3S. The fourth-order valence-electron chi connectivity index (χ4n) is 2.24. The van der Waals surface area contributed by atoms with Crippen molar-refractivity contribution in [2.45, 2.75) is 32.2 Å². The smallest absolute Gasteiger partial charge is 0.201 e. The second-order valence-electron chi connectivity index (χ2n) is 4.78. The van der Waals surface area contributed by atoms with Crippen LogP contribution in [0.1, 0.15) is 25.7 Å². The Labute approximate surface area is 136 Å². The van der Waals surface area contributed by atoms with E-state index < -0.39 is 0 Å². The van der Waals surface area contributed by atoms with Gasteiger partial charge in [0.15, 0.2) is 0 Å². The molecule has 6 heteroatoms. The highest BCUT2D eigenvalue weighted by atomic mass is 127. The first-order chi connectivity index (χ1) is 9.63. The van der Waals surface area contributed by atoms with Gasteiger partial charge in [0.25, 0.3) is 0 Å². The standard InChI is InChI=1S/C14H19FIN3S/c1-20-7-5-3-2-4-6-19-13-8-10(15)11(16)9-12(13)18-14(19)17/h8-9H,2-7H2,1H3,(H2,17,18). The summed E-state index contributed by atoms with van der Waals surface area (Å²) in [6, 6.07) is 3.28. The van der Waals surface area contributed by atoms with Crippen LogP contribution in [0, 0.1) is 9.39 Å². The third kappa shape index (κ3) is 3.78. The van der Waals surface area contributed by atoms with Crippen LogP contribution in [0.25, 0.3) is 11.0 Å². The zero-order chi connectivity index (χ0) is 14.5. The van der Waals surface area contributed by atoms with Crippen LogP contribution in [0.15, 0.2) is 12.1 Å². The summed E-state index contributed by atoms with van der Waals surface area (Å²) in [4.78, 5) is 4.31. The number of imidazole rings is 1. The number of thioether (sulfide) groups is 1. The van der Waals surface area contributed by atoms with Crippen LogP contribution in [0.4, 0.5) is 10.3 Å². The second-order valence-corrected chi connectivity index (χ2v) is 6.93. The van der Waals surface area contributed by atoms with Crippen molar-refractivity contribution in [1.29, 1.82) is 0 Å². The molecule has 0 atom stereocenters. The third-order valence-electron chi connectivity index (χ3n) is 3.30. The second kappa shape index (κ2) is 7.49. The average Bonchev–Trinajstić information content (AvgIpc) is 2.70. The van der Waals surface area contributed by atoms with Gasteiger partial charge < -0.3 is 10.3 Å². The number of rotatable bonds is 7. The largest absolute Gasteiger partial charge is 0.369 e. The topological polar surface area (TPSA) is 43.8 Å². The van der Waals surface area contributed by atoms with Crippen molar-refractivity contribution in [3.8, 4) is 0 Å². The maximum Gasteiger partial charge on any atom is 0.201 e. The van der Waals surface area contributed by atoms with Gasteiger partial charge in [-0.1, -0.05) is 12.8 Å². The summed E-state index contributed by atoms with van der Waals surface area (Å²) in [6.45, 7) is 0.807. The van der Waals surface area contributed by atoms with Crippen LogP contribution < -0.4 is 5.73 Å². The molecule has 2 rings (SSSR count). The Hall–Kier alpha value is -0.500. The van der Waals surface area contributed by atoms with Crippen LogP contribution >= 0.6 is 34.4 Å². The van der Waals surface area contributed by atoms with Gasteiger partial charge in [-0.05, 0) is 53.5 Å². The van der Waals surface area contributed by atoms with Gasteiger partial charge in [0.1, 0.15) is 5.82 Å². The molecule has 0 amide bonds. The molecule has 0 aliphatic heterocycles. The minimum atomic E-state index is -0.209. The monoisotopic (exact) mass is 407 g/mol. The highest BCUT2D eigenvalue weighted by Crippen LogP contribution is 2.23. The molecule has 0 saturated carbocycles. The van der Waals surface area contributed by atoms with Crippen molar-refractivity contribution < 1.29 is 4.39 Å². The Morgan fingerprint density at radius 3 is 2.80 bits per heavy atom.